The molecule has 0 aliphatic carbocycles. The number of nitrogens with one attached hydrogen (secondary N) is 1. The molecule has 0 bridgehead atoms. The molecule has 0 fully saturated rings. The molecule has 0 aliphatic heterocycles. The van der Waals surface area contributed by atoms with Gasteiger partial charge in [0.2, 0.25) is 0 Å². The van der Waals surface area contributed by atoms with Gasteiger partial charge in [0.1, 0.15) is 18.1 Å². The van der Waals surface area contributed by atoms with Gasteiger partial charge in [-0.25, -0.2) is 0 Å². The van der Waals surface area contributed by atoms with Crippen LogP contribution in [0.2, 0.25) is 0 Å². The normalized spacial score (nSPS) is 10.7. The first-order chi connectivity index (χ1) is 14.2. The van der Waals surface area contributed by atoms with Crippen LogP contribution in [0.1, 0.15) is 16.7 Å². The summed E-state index contributed by atoms with van der Waals surface area (Å²) in [7, 11) is 1.65. The van der Waals surface area contributed by atoms with Gasteiger partial charge in [-0.1, -0.05) is 18.2 Å². The summed E-state index contributed by atoms with van der Waals surface area (Å²) in [5.74, 6) is 1.53. The maximum Gasteiger partial charge on any atom is 0.269 e. The minimum absolute atomic E-state index is 0.0664. The number of ether oxygens (including phenoxy) is 2. The molecular weight excluding hydrogens is 370 g/mol. The molecule has 3 rings (SSSR count). The number of rotatable bonds is 9. The minimum atomic E-state index is -0.421. The average Bonchev–Trinajstić information content (AvgIpc) is 2.76. The van der Waals surface area contributed by atoms with Crippen molar-refractivity contribution in [2.75, 3.05) is 7.11 Å². The van der Waals surface area contributed by atoms with E-state index in [0.29, 0.717) is 18.9 Å². The molecule has 148 valence electrons. The van der Waals surface area contributed by atoms with Gasteiger partial charge in [-0.3, -0.25) is 10.1 Å². The summed E-state index contributed by atoms with van der Waals surface area (Å²) in [4.78, 5) is 10.3. The highest BCUT2D eigenvalue weighted by molar-refractivity contribution is 5.79. The third-order valence-electron chi connectivity index (χ3n) is 4.20. The number of hydrogen-bond donors (Lipinski definition) is 1. The molecule has 7 heteroatoms. The fourth-order valence-corrected chi connectivity index (χ4v) is 2.63. The summed E-state index contributed by atoms with van der Waals surface area (Å²) in [5.41, 5.74) is 5.90. The lowest BCUT2D eigenvalue weighted by Gasteiger charge is -2.07. The van der Waals surface area contributed by atoms with Crippen molar-refractivity contribution in [3.8, 4) is 11.5 Å². The highest BCUT2D eigenvalue weighted by Gasteiger charge is 2.04. The molecule has 0 spiro atoms. The van der Waals surface area contributed by atoms with E-state index < -0.39 is 4.92 Å². The Morgan fingerprint density at radius 3 is 2.45 bits per heavy atom. The van der Waals surface area contributed by atoms with Crippen LogP contribution in [0.3, 0.4) is 0 Å². The average molecular weight is 391 g/mol. The van der Waals surface area contributed by atoms with Crippen LogP contribution in [0, 0.1) is 10.1 Å². The van der Waals surface area contributed by atoms with Gasteiger partial charge < -0.3 is 14.9 Å². The standard InChI is InChI=1S/C22H21N3O4/c1-28-22-5-3-2-4-19(22)15-24-23-14-17-8-12-21(13-9-17)29-16-18-6-10-20(11-7-18)25(26)27/h2-14,24H,15-16H2,1H3/b23-14+. The molecule has 3 aromatic rings. The zero-order valence-electron chi connectivity index (χ0n) is 15.9. The van der Waals surface area contributed by atoms with Crippen molar-refractivity contribution in [1.82, 2.24) is 5.43 Å². The van der Waals surface area contributed by atoms with Gasteiger partial charge in [0, 0.05) is 17.7 Å². The monoisotopic (exact) mass is 391 g/mol. The molecule has 0 heterocycles. The number of methoxy groups -OCH3 is 1. The van der Waals surface area contributed by atoms with Crippen LogP contribution >= 0.6 is 0 Å². The van der Waals surface area contributed by atoms with Crippen LogP contribution < -0.4 is 14.9 Å². The topological polar surface area (TPSA) is 86.0 Å². The molecular formula is C22H21N3O4. The second-order valence-electron chi connectivity index (χ2n) is 6.19. The van der Waals surface area contributed by atoms with Gasteiger partial charge >= 0.3 is 0 Å². The third-order valence-corrected chi connectivity index (χ3v) is 4.20. The first-order valence-electron chi connectivity index (χ1n) is 9.00. The Hall–Kier alpha value is -3.87. The molecule has 0 aromatic heterocycles. The maximum absolute atomic E-state index is 10.7. The van der Waals surface area contributed by atoms with E-state index in [9.17, 15) is 10.1 Å². The molecule has 0 aliphatic rings. The first-order valence-corrected chi connectivity index (χ1v) is 9.00. The van der Waals surface area contributed by atoms with Gasteiger partial charge in [-0.15, -0.1) is 0 Å². The van der Waals surface area contributed by atoms with Crippen LogP contribution in [-0.4, -0.2) is 18.2 Å². The summed E-state index contributed by atoms with van der Waals surface area (Å²) >= 11 is 0. The quantitative estimate of drug-likeness (QED) is 0.334. The SMILES string of the molecule is COc1ccccc1CN/N=C/c1ccc(OCc2ccc([N+](=O)[O-])cc2)cc1. The number of benzene rings is 3. The van der Waals surface area contributed by atoms with Crippen molar-refractivity contribution in [1.29, 1.82) is 0 Å². The van der Waals surface area contributed by atoms with E-state index in [1.54, 1.807) is 25.5 Å². The fraction of sp³-hybridized carbons (Fsp3) is 0.136. The number of non-ortho nitro benzene ring substituents is 1. The van der Waals surface area contributed by atoms with Crippen LogP contribution in [0.4, 0.5) is 5.69 Å². The Bertz CT molecular complexity index is 970. The molecule has 0 radical (unpaired) electrons. The zero-order valence-corrected chi connectivity index (χ0v) is 15.9. The number of nitro groups is 1. The lowest BCUT2D eigenvalue weighted by Crippen LogP contribution is -2.06. The predicted octanol–water partition coefficient (Wildman–Crippen LogP) is 4.31. The van der Waals surface area contributed by atoms with Crippen molar-refractivity contribution >= 4 is 11.9 Å². The Labute approximate surface area is 168 Å². The van der Waals surface area contributed by atoms with Gasteiger partial charge in [-0.2, -0.15) is 5.10 Å². The first kappa shape index (κ1) is 19.9. The molecule has 0 amide bonds. The maximum atomic E-state index is 10.7. The van der Waals surface area contributed by atoms with E-state index >= 15 is 0 Å². The number of hydrazone groups is 1. The smallest absolute Gasteiger partial charge is 0.269 e. The lowest BCUT2D eigenvalue weighted by atomic mass is 10.2. The molecule has 0 saturated heterocycles. The molecule has 29 heavy (non-hydrogen) atoms. The molecule has 0 saturated carbocycles. The third kappa shape index (κ3) is 5.80. The van der Waals surface area contributed by atoms with Gasteiger partial charge in [0.25, 0.3) is 5.69 Å². The number of hydrogen-bond acceptors (Lipinski definition) is 6. The van der Waals surface area contributed by atoms with Gasteiger partial charge in [0.15, 0.2) is 0 Å². The Balaban J connectivity index is 1.48. The van der Waals surface area contributed by atoms with Crippen LogP contribution in [0.25, 0.3) is 0 Å². The van der Waals surface area contributed by atoms with E-state index in [0.717, 1.165) is 22.4 Å². The minimum Gasteiger partial charge on any atom is -0.496 e. The summed E-state index contributed by atoms with van der Waals surface area (Å²) in [6.07, 6.45) is 1.73. The van der Waals surface area contributed by atoms with Crippen molar-refractivity contribution in [2.24, 2.45) is 5.10 Å². The Morgan fingerprint density at radius 2 is 1.76 bits per heavy atom. The zero-order chi connectivity index (χ0) is 20.5. The molecule has 0 unspecified atom stereocenters. The van der Waals surface area contributed by atoms with E-state index in [2.05, 4.69) is 10.5 Å². The highest BCUT2D eigenvalue weighted by Crippen LogP contribution is 2.17. The summed E-state index contributed by atoms with van der Waals surface area (Å²) < 4.78 is 11.0. The van der Waals surface area contributed by atoms with Crippen molar-refractivity contribution < 1.29 is 14.4 Å². The van der Waals surface area contributed by atoms with Crippen LogP contribution in [-0.2, 0) is 13.2 Å². The van der Waals surface area contributed by atoms with E-state index in [4.69, 9.17) is 9.47 Å². The second kappa shape index (κ2) is 9.89. The number of nitro benzene ring substituents is 1. The molecule has 0 atom stereocenters. The van der Waals surface area contributed by atoms with Crippen molar-refractivity contribution in [3.05, 3.63) is 99.6 Å². The van der Waals surface area contributed by atoms with E-state index in [1.807, 2.05) is 48.5 Å². The van der Waals surface area contributed by atoms with Gasteiger partial charge in [0.05, 0.1) is 24.8 Å². The fourth-order valence-electron chi connectivity index (χ4n) is 2.63. The summed E-state index contributed by atoms with van der Waals surface area (Å²) in [6, 6.07) is 21.6. The van der Waals surface area contributed by atoms with E-state index in [1.165, 1.54) is 12.1 Å². The number of nitrogens with zero attached hydrogens (tertiary/aromatic N) is 2. The summed E-state index contributed by atoms with van der Waals surface area (Å²) in [5, 5.41) is 14.9. The van der Waals surface area contributed by atoms with Crippen LogP contribution in [0.15, 0.2) is 77.9 Å². The van der Waals surface area contributed by atoms with Crippen molar-refractivity contribution in [2.45, 2.75) is 13.2 Å². The van der Waals surface area contributed by atoms with E-state index in [-0.39, 0.29) is 5.69 Å². The van der Waals surface area contributed by atoms with Crippen LogP contribution in [0.5, 0.6) is 11.5 Å². The van der Waals surface area contributed by atoms with Crippen molar-refractivity contribution in [3.63, 3.8) is 0 Å². The lowest BCUT2D eigenvalue weighted by molar-refractivity contribution is -0.384. The Kier molecular flexibility index (Phi) is 6.78. The largest absolute Gasteiger partial charge is 0.496 e. The Morgan fingerprint density at radius 1 is 1.03 bits per heavy atom. The molecule has 7 nitrogen and oxygen atoms in total. The summed E-state index contributed by atoms with van der Waals surface area (Å²) in [6.45, 7) is 0.906. The second-order valence-corrected chi connectivity index (χ2v) is 6.19. The molecule has 1 N–H and O–H groups in total. The number of para-hydroxylation sites is 1. The molecule has 3 aromatic carbocycles. The van der Waals surface area contributed by atoms with Gasteiger partial charge in [-0.05, 0) is 53.6 Å². The predicted molar refractivity (Wildman–Crippen MR) is 111 cm³/mol. The highest BCUT2D eigenvalue weighted by atomic mass is 16.6.